The van der Waals surface area contributed by atoms with Crippen molar-refractivity contribution in [3.63, 3.8) is 0 Å². The molecule has 2 aliphatic heterocycles. The summed E-state index contributed by atoms with van der Waals surface area (Å²) in [6.07, 6.45) is 2.06. The monoisotopic (exact) mass is 359 g/mol. The van der Waals surface area contributed by atoms with Crippen LogP contribution in [0.5, 0.6) is 0 Å². The normalized spacial score (nSPS) is 21.7. The number of ether oxygens (including phenoxy) is 1. The van der Waals surface area contributed by atoms with Gasteiger partial charge in [0.1, 0.15) is 5.54 Å². The molecule has 3 amide bonds. The molecule has 0 radical (unpaired) electrons. The zero-order valence-electron chi connectivity index (χ0n) is 16.0. The molecule has 0 aliphatic carbocycles. The molecule has 0 bridgehead atoms. The Balaban J connectivity index is 1.66. The Morgan fingerprint density at radius 3 is 2.42 bits per heavy atom. The average molecular weight is 359 g/mol. The molecule has 142 valence electrons. The van der Waals surface area contributed by atoms with Gasteiger partial charge in [-0.15, -0.1) is 0 Å². The summed E-state index contributed by atoms with van der Waals surface area (Å²) in [5.74, 6) is -0.0278. The molecule has 2 fully saturated rings. The molecule has 26 heavy (non-hydrogen) atoms. The van der Waals surface area contributed by atoms with Crippen LogP contribution in [0.3, 0.4) is 0 Å². The molecule has 1 aromatic carbocycles. The lowest BCUT2D eigenvalue weighted by Gasteiger charge is -2.42. The molecule has 2 aliphatic rings. The molecule has 0 aromatic heterocycles. The van der Waals surface area contributed by atoms with Crippen LogP contribution in [0.2, 0.25) is 0 Å². The van der Waals surface area contributed by atoms with E-state index in [-0.39, 0.29) is 11.9 Å². The van der Waals surface area contributed by atoms with Crippen molar-refractivity contribution >= 4 is 11.9 Å². The number of likely N-dealkylation sites (tertiary alicyclic amines) is 1. The van der Waals surface area contributed by atoms with Gasteiger partial charge in [-0.2, -0.15) is 0 Å². The van der Waals surface area contributed by atoms with Crippen LogP contribution in [0.15, 0.2) is 30.3 Å². The molecule has 1 unspecified atom stereocenters. The molecule has 2 heterocycles. The molecular formula is C20H29N3O3. The van der Waals surface area contributed by atoms with Crippen LogP contribution in [-0.4, -0.2) is 78.6 Å². The summed E-state index contributed by atoms with van der Waals surface area (Å²) < 4.78 is 5.24. The van der Waals surface area contributed by atoms with Gasteiger partial charge in [0.15, 0.2) is 0 Å². The van der Waals surface area contributed by atoms with E-state index in [9.17, 15) is 9.59 Å². The van der Waals surface area contributed by atoms with Crippen molar-refractivity contribution in [2.75, 3.05) is 40.4 Å². The molecule has 0 N–H and O–H groups in total. The van der Waals surface area contributed by atoms with E-state index in [4.69, 9.17) is 4.74 Å². The highest BCUT2D eigenvalue weighted by molar-refractivity contribution is 6.07. The minimum atomic E-state index is -0.670. The van der Waals surface area contributed by atoms with Gasteiger partial charge in [-0.3, -0.25) is 14.6 Å². The number of rotatable bonds is 6. The van der Waals surface area contributed by atoms with Gasteiger partial charge >= 0.3 is 6.03 Å². The highest BCUT2D eigenvalue weighted by Gasteiger charge is 2.56. The Morgan fingerprint density at radius 2 is 1.81 bits per heavy atom. The number of imide groups is 1. The van der Waals surface area contributed by atoms with Gasteiger partial charge in [0, 0.05) is 39.8 Å². The largest absolute Gasteiger partial charge is 0.383 e. The molecule has 6 nitrogen and oxygen atoms in total. The molecule has 1 aromatic rings. The summed E-state index contributed by atoms with van der Waals surface area (Å²) in [4.78, 5) is 31.3. The maximum atomic E-state index is 13.1. The first-order valence-corrected chi connectivity index (χ1v) is 9.36. The number of benzene rings is 1. The second-order valence-electron chi connectivity index (χ2n) is 7.41. The molecule has 3 rings (SSSR count). The number of carbonyl (C=O) groups excluding carboxylic acids is 2. The van der Waals surface area contributed by atoms with Crippen LogP contribution in [-0.2, 0) is 16.0 Å². The van der Waals surface area contributed by atoms with E-state index in [0.717, 1.165) is 18.7 Å². The fraction of sp³-hybridized carbons (Fsp3) is 0.600. The summed E-state index contributed by atoms with van der Waals surface area (Å²) in [5.41, 5.74) is 0.469. The summed E-state index contributed by atoms with van der Waals surface area (Å²) in [6, 6.07) is 10.1. The fourth-order valence-corrected chi connectivity index (χ4v) is 4.16. The number of nitrogens with zero attached hydrogens (tertiary/aromatic N) is 3. The van der Waals surface area contributed by atoms with Crippen LogP contribution in [0.4, 0.5) is 4.79 Å². The number of piperidine rings is 1. The lowest BCUT2D eigenvalue weighted by atomic mass is 9.85. The number of methoxy groups -OCH3 is 1. The Bertz CT molecular complexity index is 641. The molecule has 1 atom stereocenters. The van der Waals surface area contributed by atoms with E-state index in [2.05, 4.69) is 11.8 Å². The lowest BCUT2D eigenvalue weighted by Crippen LogP contribution is -2.57. The van der Waals surface area contributed by atoms with Gasteiger partial charge < -0.3 is 9.64 Å². The second-order valence-corrected chi connectivity index (χ2v) is 7.41. The summed E-state index contributed by atoms with van der Waals surface area (Å²) in [7, 11) is 3.48. The summed E-state index contributed by atoms with van der Waals surface area (Å²) in [6.45, 7) is 4.87. The van der Waals surface area contributed by atoms with Crippen molar-refractivity contribution in [2.24, 2.45) is 0 Å². The van der Waals surface area contributed by atoms with Crippen molar-refractivity contribution in [3.05, 3.63) is 35.9 Å². The Labute approximate surface area is 155 Å². The van der Waals surface area contributed by atoms with Gasteiger partial charge in [-0.05, 0) is 31.7 Å². The zero-order chi connectivity index (χ0) is 18.7. The molecule has 1 spiro atoms. The summed E-state index contributed by atoms with van der Waals surface area (Å²) in [5, 5.41) is 0. The van der Waals surface area contributed by atoms with Gasteiger partial charge in [0.25, 0.3) is 5.91 Å². The quantitative estimate of drug-likeness (QED) is 0.729. The fourth-order valence-electron chi connectivity index (χ4n) is 4.16. The Hall–Kier alpha value is -1.92. The first-order chi connectivity index (χ1) is 12.5. The summed E-state index contributed by atoms with van der Waals surface area (Å²) >= 11 is 0. The van der Waals surface area contributed by atoms with Gasteiger partial charge in [0.05, 0.1) is 6.61 Å². The standard InChI is InChI=1S/C20H29N3O3/c1-16(15-26-3)22-13-10-20(11-14-22)18(24)23(19(25)21(20)2)12-9-17-7-5-4-6-8-17/h4-8,16H,9-15H2,1-3H3. The van der Waals surface area contributed by atoms with Gasteiger partial charge in [-0.1, -0.05) is 30.3 Å². The predicted molar refractivity (Wildman–Crippen MR) is 99.9 cm³/mol. The number of hydrogen-bond donors (Lipinski definition) is 0. The topological polar surface area (TPSA) is 53.1 Å². The van der Waals surface area contributed by atoms with Crippen LogP contribution < -0.4 is 0 Å². The van der Waals surface area contributed by atoms with Crippen LogP contribution in [0.25, 0.3) is 0 Å². The van der Waals surface area contributed by atoms with E-state index in [1.54, 1.807) is 19.1 Å². The smallest absolute Gasteiger partial charge is 0.327 e. The molecule has 0 saturated carbocycles. The maximum Gasteiger partial charge on any atom is 0.327 e. The van der Waals surface area contributed by atoms with Crippen molar-refractivity contribution in [1.29, 1.82) is 0 Å². The van der Waals surface area contributed by atoms with Crippen LogP contribution in [0, 0.1) is 0 Å². The van der Waals surface area contributed by atoms with E-state index in [0.29, 0.717) is 38.5 Å². The van der Waals surface area contributed by atoms with Crippen molar-refractivity contribution in [1.82, 2.24) is 14.7 Å². The minimum Gasteiger partial charge on any atom is -0.383 e. The maximum absolute atomic E-state index is 13.1. The van der Waals surface area contributed by atoms with E-state index in [1.807, 2.05) is 30.3 Å². The third-order valence-electron chi connectivity index (χ3n) is 5.93. The molecular weight excluding hydrogens is 330 g/mol. The first-order valence-electron chi connectivity index (χ1n) is 9.36. The van der Waals surface area contributed by atoms with Crippen molar-refractivity contribution < 1.29 is 14.3 Å². The SMILES string of the molecule is COCC(C)N1CCC2(CC1)C(=O)N(CCc1ccccc1)C(=O)N2C. The Kier molecular flexibility index (Phi) is 5.63. The van der Waals surface area contributed by atoms with Crippen LogP contribution in [0.1, 0.15) is 25.3 Å². The minimum absolute atomic E-state index is 0.0278. The number of urea groups is 1. The number of amides is 3. The number of likely N-dealkylation sites (N-methyl/N-ethyl adjacent to an activating group) is 1. The van der Waals surface area contributed by atoms with E-state index >= 15 is 0 Å². The van der Waals surface area contributed by atoms with Crippen molar-refractivity contribution in [2.45, 2.75) is 37.8 Å². The second kappa shape index (κ2) is 7.76. The third kappa shape index (κ3) is 3.35. The van der Waals surface area contributed by atoms with Crippen molar-refractivity contribution in [3.8, 4) is 0 Å². The highest BCUT2D eigenvalue weighted by atomic mass is 16.5. The highest BCUT2D eigenvalue weighted by Crippen LogP contribution is 2.36. The molecule has 2 saturated heterocycles. The van der Waals surface area contributed by atoms with E-state index < -0.39 is 5.54 Å². The number of hydrogen-bond acceptors (Lipinski definition) is 4. The average Bonchev–Trinajstić information content (AvgIpc) is 2.83. The zero-order valence-corrected chi connectivity index (χ0v) is 16.0. The first kappa shape index (κ1) is 18.9. The molecule has 6 heteroatoms. The lowest BCUT2D eigenvalue weighted by molar-refractivity contribution is -0.135. The van der Waals surface area contributed by atoms with E-state index in [1.165, 1.54) is 4.90 Å². The van der Waals surface area contributed by atoms with Gasteiger partial charge in [0.2, 0.25) is 0 Å². The number of carbonyl (C=O) groups is 2. The predicted octanol–water partition coefficient (Wildman–Crippen LogP) is 1.99. The Morgan fingerprint density at radius 1 is 1.15 bits per heavy atom. The third-order valence-corrected chi connectivity index (χ3v) is 5.93. The van der Waals surface area contributed by atoms with Crippen LogP contribution >= 0.6 is 0 Å². The van der Waals surface area contributed by atoms with Gasteiger partial charge in [-0.25, -0.2) is 4.79 Å².